The highest BCUT2D eigenvalue weighted by Crippen LogP contribution is 2.26. The van der Waals surface area contributed by atoms with Crippen molar-refractivity contribution in [1.82, 2.24) is 5.32 Å². The first-order valence-corrected chi connectivity index (χ1v) is 11.4. The molecule has 130 valence electrons. The number of hydrogen-bond acceptors (Lipinski definition) is 5. The average molecular weight is 360 g/mol. The molecule has 1 N–H and O–H groups in total. The Morgan fingerprint density at radius 3 is 2.30 bits per heavy atom. The summed E-state index contributed by atoms with van der Waals surface area (Å²) in [5.41, 5.74) is 1.05. The maximum atomic E-state index is 12.9. The van der Waals surface area contributed by atoms with Crippen molar-refractivity contribution >= 4 is 19.7 Å². The number of nitrogens with one attached hydrogen (secondary N) is 1. The second-order valence-electron chi connectivity index (χ2n) is 6.24. The van der Waals surface area contributed by atoms with E-state index in [-0.39, 0.29) is 22.4 Å². The van der Waals surface area contributed by atoms with Crippen LogP contribution in [0.2, 0.25) is 0 Å². The zero-order valence-corrected chi connectivity index (χ0v) is 15.5. The molecule has 0 bridgehead atoms. The lowest BCUT2D eigenvalue weighted by atomic mass is 10.2. The minimum atomic E-state index is -3.68. The van der Waals surface area contributed by atoms with E-state index >= 15 is 0 Å². The fourth-order valence-electron chi connectivity index (χ4n) is 2.85. The summed E-state index contributed by atoms with van der Waals surface area (Å²) < 4.78 is 49.8. The molecule has 5 nitrogen and oxygen atoms in total. The summed E-state index contributed by atoms with van der Waals surface area (Å²) in [6.07, 6.45) is 1.64. The van der Waals surface area contributed by atoms with Gasteiger partial charge in [-0.15, -0.1) is 0 Å². The van der Waals surface area contributed by atoms with Gasteiger partial charge in [-0.1, -0.05) is 26.0 Å². The topological polar surface area (TPSA) is 80.3 Å². The highest BCUT2D eigenvalue weighted by molar-refractivity contribution is 7.96. The third-order valence-electron chi connectivity index (χ3n) is 4.47. The Hall–Kier alpha value is -0.920. The van der Waals surface area contributed by atoms with Crippen LogP contribution in [0.4, 0.5) is 0 Å². The van der Waals surface area contributed by atoms with Crippen LogP contribution in [0.3, 0.4) is 0 Å². The van der Waals surface area contributed by atoms with Crippen molar-refractivity contribution in [2.75, 3.05) is 11.5 Å². The van der Waals surface area contributed by atoms with E-state index in [0.29, 0.717) is 0 Å². The van der Waals surface area contributed by atoms with Gasteiger partial charge >= 0.3 is 0 Å². The van der Waals surface area contributed by atoms with Crippen molar-refractivity contribution < 1.29 is 16.8 Å². The summed E-state index contributed by atoms with van der Waals surface area (Å²) in [6, 6.07) is 6.26. The van der Waals surface area contributed by atoms with Gasteiger partial charge in [0, 0.05) is 12.1 Å². The Bertz CT molecular complexity index is 739. The average Bonchev–Trinajstić information content (AvgIpc) is 2.82. The number of benzene rings is 1. The normalized spacial score (nSPS) is 25.3. The molecule has 23 heavy (non-hydrogen) atoms. The molecular weight excluding hydrogens is 334 g/mol. The summed E-state index contributed by atoms with van der Waals surface area (Å²) in [5, 5.41) is 2.25. The number of aryl methyl sites for hydroxylation is 1. The van der Waals surface area contributed by atoms with Gasteiger partial charge in [-0.05, 0) is 37.5 Å². The monoisotopic (exact) mass is 359 g/mol. The SMILES string of the molecule is CCc1ccc(S(=O)(=O)[C@H]2CS(=O)(=O)C[C@@H]2NC(C)CC)cc1. The van der Waals surface area contributed by atoms with Crippen molar-refractivity contribution in [2.24, 2.45) is 0 Å². The van der Waals surface area contributed by atoms with Crippen LogP contribution in [-0.4, -0.2) is 45.7 Å². The Morgan fingerprint density at radius 2 is 1.78 bits per heavy atom. The van der Waals surface area contributed by atoms with Crippen LogP contribution in [-0.2, 0) is 26.1 Å². The van der Waals surface area contributed by atoms with E-state index in [1.54, 1.807) is 24.3 Å². The number of rotatable bonds is 6. The fraction of sp³-hybridized carbons (Fsp3) is 0.625. The van der Waals surface area contributed by atoms with E-state index in [4.69, 9.17) is 0 Å². The molecule has 0 spiro atoms. The second-order valence-corrected chi connectivity index (χ2v) is 10.6. The molecule has 1 aliphatic rings. The highest BCUT2D eigenvalue weighted by atomic mass is 32.2. The van der Waals surface area contributed by atoms with Gasteiger partial charge in [0.05, 0.1) is 21.7 Å². The van der Waals surface area contributed by atoms with Gasteiger partial charge in [0.2, 0.25) is 0 Å². The van der Waals surface area contributed by atoms with E-state index in [1.165, 1.54) is 0 Å². The molecule has 0 aliphatic carbocycles. The maximum absolute atomic E-state index is 12.9. The largest absolute Gasteiger partial charge is 0.309 e. The first kappa shape index (κ1) is 18.4. The van der Waals surface area contributed by atoms with Gasteiger partial charge in [-0.2, -0.15) is 0 Å². The summed E-state index contributed by atoms with van der Waals surface area (Å²) in [6.45, 7) is 5.91. The quantitative estimate of drug-likeness (QED) is 0.834. The molecule has 1 saturated heterocycles. The van der Waals surface area contributed by atoms with Gasteiger partial charge in [0.1, 0.15) is 0 Å². The van der Waals surface area contributed by atoms with Crippen molar-refractivity contribution in [2.45, 2.75) is 55.8 Å². The minimum Gasteiger partial charge on any atom is -0.309 e. The molecule has 1 fully saturated rings. The minimum absolute atomic E-state index is 0.0773. The van der Waals surface area contributed by atoms with Crippen LogP contribution < -0.4 is 5.32 Å². The van der Waals surface area contributed by atoms with Crippen molar-refractivity contribution in [3.8, 4) is 0 Å². The molecule has 1 heterocycles. The fourth-order valence-corrected chi connectivity index (χ4v) is 7.53. The molecular formula is C16H25NO4S2. The Morgan fingerprint density at radius 1 is 1.17 bits per heavy atom. The predicted molar refractivity (Wildman–Crippen MR) is 92.1 cm³/mol. The second kappa shape index (κ2) is 6.91. The summed E-state index contributed by atoms with van der Waals surface area (Å²) in [7, 11) is -7.02. The van der Waals surface area contributed by atoms with Crippen molar-refractivity contribution in [3.05, 3.63) is 29.8 Å². The first-order chi connectivity index (χ1) is 10.7. The highest BCUT2D eigenvalue weighted by Gasteiger charge is 2.45. The molecule has 1 aromatic rings. The van der Waals surface area contributed by atoms with E-state index in [2.05, 4.69) is 5.32 Å². The Labute approximate surface area is 139 Å². The summed E-state index contributed by atoms with van der Waals surface area (Å²) in [5.74, 6) is -0.423. The third-order valence-corrected chi connectivity index (χ3v) is 8.64. The van der Waals surface area contributed by atoms with Crippen LogP contribution in [0.15, 0.2) is 29.2 Å². The molecule has 2 rings (SSSR count). The van der Waals surface area contributed by atoms with Gasteiger partial charge < -0.3 is 5.32 Å². The molecule has 0 amide bonds. The van der Waals surface area contributed by atoms with Gasteiger partial charge in [0.25, 0.3) is 0 Å². The van der Waals surface area contributed by atoms with Crippen LogP contribution in [0.1, 0.15) is 32.8 Å². The summed E-state index contributed by atoms with van der Waals surface area (Å²) in [4.78, 5) is 0.202. The molecule has 0 saturated carbocycles. The molecule has 1 unspecified atom stereocenters. The lowest BCUT2D eigenvalue weighted by Crippen LogP contribution is -2.46. The number of hydrogen-bond donors (Lipinski definition) is 1. The lowest BCUT2D eigenvalue weighted by Gasteiger charge is -2.23. The smallest absolute Gasteiger partial charge is 0.183 e. The van der Waals surface area contributed by atoms with Gasteiger partial charge in [-0.25, -0.2) is 16.8 Å². The zero-order valence-electron chi connectivity index (χ0n) is 13.8. The lowest BCUT2D eigenvalue weighted by molar-refractivity contribution is 0.456. The third kappa shape index (κ3) is 4.14. The van der Waals surface area contributed by atoms with E-state index in [9.17, 15) is 16.8 Å². The van der Waals surface area contributed by atoms with E-state index in [1.807, 2.05) is 20.8 Å². The number of sulfone groups is 2. The van der Waals surface area contributed by atoms with Gasteiger partial charge in [0.15, 0.2) is 19.7 Å². The van der Waals surface area contributed by atoms with Crippen LogP contribution in [0, 0.1) is 0 Å². The van der Waals surface area contributed by atoms with E-state index in [0.717, 1.165) is 18.4 Å². The standard InChI is InChI=1S/C16H25NO4S2/c1-4-12(3)17-15-10-22(18,19)11-16(15)23(20,21)14-8-6-13(5-2)7-9-14/h6-9,12,15-17H,4-5,10-11H2,1-3H3/t12?,15-,16-/m0/s1. The zero-order chi connectivity index (χ0) is 17.3. The van der Waals surface area contributed by atoms with Crippen LogP contribution in [0.25, 0.3) is 0 Å². The summed E-state index contributed by atoms with van der Waals surface area (Å²) >= 11 is 0. The molecule has 3 atom stereocenters. The maximum Gasteiger partial charge on any atom is 0.183 e. The van der Waals surface area contributed by atoms with Gasteiger partial charge in [-0.3, -0.25) is 0 Å². The Balaban J connectivity index is 2.34. The van der Waals surface area contributed by atoms with Crippen molar-refractivity contribution in [1.29, 1.82) is 0 Å². The van der Waals surface area contributed by atoms with Crippen LogP contribution in [0.5, 0.6) is 0 Å². The molecule has 1 aromatic carbocycles. The Kier molecular flexibility index (Phi) is 5.53. The molecule has 0 aromatic heterocycles. The molecule has 1 aliphatic heterocycles. The molecule has 7 heteroatoms. The first-order valence-electron chi connectivity index (χ1n) is 7.99. The van der Waals surface area contributed by atoms with Crippen LogP contribution >= 0.6 is 0 Å². The predicted octanol–water partition coefficient (Wildman–Crippen LogP) is 1.58. The van der Waals surface area contributed by atoms with Crippen molar-refractivity contribution in [3.63, 3.8) is 0 Å². The molecule has 0 radical (unpaired) electrons. The van der Waals surface area contributed by atoms with E-state index < -0.39 is 31.0 Å².